The van der Waals surface area contributed by atoms with Gasteiger partial charge in [0.2, 0.25) is 0 Å². The number of aromatic amines is 1. The highest BCUT2D eigenvalue weighted by Gasteiger charge is 2.28. The number of aromatic nitrogens is 2. The second-order valence-electron chi connectivity index (χ2n) is 5.60. The number of nitrogens with one attached hydrogen (secondary N) is 2. The molecule has 0 amide bonds. The average molecular weight is 249 g/mol. The van der Waals surface area contributed by atoms with Crippen molar-refractivity contribution in [1.29, 1.82) is 0 Å². The molecule has 0 aliphatic heterocycles. The maximum atomic E-state index is 12.0. The third-order valence-corrected chi connectivity index (χ3v) is 3.87. The first-order valence-corrected chi connectivity index (χ1v) is 6.80. The first-order valence-electron chi connectivity index (χ1n) is 6.80. The normalized spacial score (nSPS) is 18.7. The van der Waals surface area contributed by atoms with Gasteiger partial charge in [0.1, 0.15) is 5.82 Å². The highest BCUT2D eigenvalue weighted by Crippen LogP contribution is 2.36. The second kappa shape index (κ2) is 5.22. The van der Waals surface area contributed by atoms with Gasteiger partial charge in [-0.25, -0.2) is 4.98 Å². The molecule has 18 heavy (non-hydrogen) atoms. The van der Waals surface area contributed by atoms with Gasteiger partial charge in [0, 0.05) is 11.7 Å². The van der Waals surface area contributed by atoms with Gasteiger partial charge in [0.25, 0.3) is 5.56 Å². The van der Waals surface area contributed by atoms with Crippen molar-refractivity contribution in [3.05, 3.63) is 27.4 Å². The van der Waals surface area contributed by atoms with Gasteiger partial charge >= 0.3 is 0 Å². The van der Waals surface area contributed by atoms with E-state index < -0.39 is 0 Å². The van der Waals surface area contributed by atoms with Crippen molar-refractivity contribution in [2.24, 2.45) is 11.8 Å². The summed E-state index contributed by atoms with van der Waals surface area (Å²) in [6.45, 7) is 9.00. The van der Waals surface area contributed by atoms with Gasteiger partial charge in [0.15, 0.2) is 0 Å². The summed E-state index contributed by atoms with van der Waals surface area (Å²) in [5.41, 5.74) is 1.58. The Kier molecular flexibility index (Phi) is 3.85. The summed E-state index contributed by atoms with van der Waals surface area (Å²) in [6, 6.07) is 0.0584. The molecule has 0 bridgehead atoms. The van der Waals surface area contributed by atoms with Crippen molar-refractivity contribution in [1.82, 2.24) is 15.3 Å². The Hall–Kier alpha value is -1.16. The highest BCUT2D eigenvalue weighted by atomic mass is 16.1. The molecular formula is C14H23N3O. The van der Waals surface area contributed by atoms with Gasteiger partial charge in [0.05, 0.1) is 5.56 Å². The molecule has 4 nitrogen and oxygen atoms in total. The van der Waals surface area contributed by atoms with Crippen LogP contribution in [0.25, 0.3) is 0 Å². The molecule has 4 heteroatoms. The fourth-order valence-electron chi connectivity index (χ4n) is 2.54. The van der Waals surface area contributed by atoms with E-state index in [1.54, 1.807) is 0 Å². The lowest BCUT2D eigenvalue weighted by molar-refractivity contribution is 0.429. The summed E-state index contributed by atoms with van der Waals surface area (Å²) in [7, 11) is 0. The standard InChI is InChI=1S/C14H23N3O/c1-8(12-5-6-12)7-15-9(2)13-10(3)16-11(4)17-14(13)18/h8-9,12,15H,5-7H2,1-4H3,(H,16,17,18). The summed E-state index contributed by atoms with van der Waals surface area (Å²) in [5, 5.41) is 3.46. The smallest absolute Gasteiger partial charge is 0.255 e. The van der Waals surface area contributed by atoms with Crippen LogP contribution in [0.3, 0.4) is 0 Å². The Balaban J connectivity index is 2.03. The summed E-state index contributed by atoms with van der Waals surface area (Å²) >= 11 is 0. The van der Waals surface area contributed by atoms with E-state index >= 15 is 0 Å². The van der Waals surface area contributed by atoms with Crippen LogP contribution in [0.4, 0.5) is 0 Å². The Morgan fingerprint density at radius 2 is 2.06 bits per heavy atom. The number of nitrogens with zero attached hydrogens (tertiary/aromatic N) is 1. The molecule has 2 unspecified atom stereocenters. The predicted molar refractivity (Wildman–Crippen MR) is 72.6 cm³/mol. The van der Waals surface area contributed by atoms with E-state index in [0.29, 0.717) is 11.7 Å². The summed E-state index contributed by atoms with van der Waals surface area (Å²) in [5.74, 6) is 2.27. The molecule has 2 N–H and O–H groups in total. The maximum Gasteiger partial charge on any atom is 0.255 e. The molecule has 0 aromatic carbocycles. The SMILES string of the molecule is Cc1nc(C)c(C(C)NCC(C)C2CC2)c(=O)[nH]1. The van der Waals surface area contributed by atoms with Crippen LogP contribution < -0.4 is 10.9 Å². The van der Waals surface area contributed by atoms with E-state index in [2.05, 4.69) is 22.2 Å². The molecule has 1 saturated carbocycles. The molecule has 2 atom stereocenters. The number of hydrogen-bond donors (Lipinski definition) is 2. The van der Waals surface area contributed by atoms with Crippen LogP contribution in [0.2, 0.25) is 0 Å². The largest absolute Gasteiger partial charge is 0.310 e. The molecule has 1 aromatic heterocycles. The van der Waals surface area contributed by atoms with Crippen LogP contribution >= 0.6 is 0 Å². The number of hydrogen-bond acceptors (Lipinski definition) is 3. The third kappa shape index (κ3) is 2.99. The fourth-order valence-corrected chi connectivity index (χ4v) is 2.54. The topological polar surface area (TPSA) is 57.8 Å². The molecule has 0 saturated heterocycles. The van der Waals surface area contributed by atoms with Crippen molar-refractivity contribution < 1.29 is 0 Å². The van der Waals surface area contributed by atoms with Crippen LogP contribution in [0.5, 0.6) is 0 Å². The van der Waals surface area contributed by atoms with Crippen molar-refractivity contribution in [2.45, 2.75) is 46.6 Å². The molecule has 0 radical (unpaired) electrons. The van der Waals surface area contributed by atoms with E-state index in [0.717, 1.165) is 23.7 Å². The fraction of sp³-hybridized carbons (Fsp3) is 0.714. The monoisotopic (exact) mass is 249 g/mol. The molecule has 1 aromatic rings. The van der Waals surface area contributed by atoms with Gasteiger partial charge in [-0.05, 0) is 52.0 Å². The van der Waals surface area contributed by atoms with Crippen LogP contribution in [-0.4, -0.2) is 16.5 Å². The summed E-state index contributed by atoms with van der Waals surface area (Å²) in [4.78, 5) is 19.1. The predicted octanol–water partition coefficient (Wildman–Crippen LogP) is 2.08. The molecule has 2 rings (SSSR count). The molecule has 1 fully saturated rings. The zero-order chi connectivity index (χ0) is 13.3. The molecule has 100 valence electrons. The van der Waals surface area contributed by atoms with Gasteiger partial charge in [-0.3, -0.25) is 4.79 Å². The van der Waals surface area contributed by atoms with E-state index in [9.17, 15) is 4.79 Å². The van der Waals surface area contributed by atoms with Crippen LogP contribution in [0, 0.1) is 25.7 Å². The lowest BCUT2D eigenvalue weighted by Crippen LogP contribution is -2.31. The Morgan fingerprint density at radius 3 is 2.61 bits per heavy atom. The summed E-state index contributed by atoms with van der Waals surface area (Å²) < 4.78 is 0. The second-order valence-corrected chi connectivity index (χ2v) is 5.60. The number of rotatable bonds is 5. The zero-order valence-electron chi connectivity index (χ0n) is 11.7. The Bertz CT molecular complexity index is 476. The minimum Gasteiger partial charge on any atom is -0.310 e. The van der Waals surface area contributed by atoms with Crippen LogP contribution in [0.1, 0.15) is 49.8 Å². The Labute approximate surface area is 108 Å². The van der Waals surface area contributed by atoms with E-state index in [-0.39, 0.29) is 11.6 Å². The molecular weight excluding hydrogens is 226 g/mol. The van der Waals surface area contributed by atoms with E-state index in [1.165, 1.54) is 12.8 Å². The lowest BCUT2D eigenvalue weighted by atomic mass is 10.0. The number of H-pyrrole nitrogens is 1. The first-order chi connectivity index (χ1) is 8.49. The van der Waals surface area contributed by atoms with Crippen molar-refractivity contribution in [3.8, 4) is 0 Å². The first kappa shape index (κ1) is 13.3. The Morgan fingerprint density at radius 1 is 1.39 bits per heavy atom. The van der Waals surface area contributed by atoms with Gasteiger partial charge in [-0.2, -0.15) is 0 Å². The quantitative estimate of drug-likeness (QED) is 0.840. The third-order valence-electron chi connectivity index (χ3n) is 3.87. The van der Waals surface area contributed by atoms with Gasteiger partial charge in [-0.1, -0.05) is 6.92 Å². The molecule has 1 heterocycles. The lowest BCUT2D eigenvalue weighted by Gasteiger charge is -2.18. The van der Waals surface area contributed by atoms with Crippen molar-refractivity contribution in [2.75, 3.05) is 6.54 Å². The molecule has 1 aliphatic carbocycles. The minimum atomic E-state index is -0.0147. The van der Waals surface area contributed by atoms with E-state index in [1.807, 2.05) is 20.8 Å². The van der Waals surface area contributed by atoms with Crippen molar-refractivity contribution in [3.63, 3.8) is 0 Å². The number of aryl methyl sites for hydroxylation is 2. The van der Waals surface area contributed by atoms with Gasteiger partial charge in [-0.15, -0.1) is 0 Å². The van der Waals surface area contributed by atoms with Crippen LogP contribution in [0.15, 0.2) is 4.79 Å². The minimum absolute atomic E-state index is 0.0147. The zero-order valence-corrected chi connectivity index (χ0v) is 11.7. The molecule has 0 spiro atoms. The van der Waals surface area contributed by atoms with Crippen molar-refractivity contribution >= 4 is 0 Å². The highest BCUT2D eigenvalue weighted by molar-refractivity contribution is 5.19. The molecule has 1 aliphatic rings. The van der Waals surface area contributed by atoms with Crippen LogP contribution in [-0.2, 0) is 0 Å². The maximum absolute atomic E-state index is 12.0. The van der Waals surface area contributed by atoms with E-state index in [4.69, 9.17) is 0 Å². The average Bonchev–Trinajstić information content (AvgIpc) is 3.07. The summed E-state index contributed by atoms with van der Waals surface area (Å²) in [6.07, 6.45) is 2.73. The van der Waals surface area contributed by atoms with Gasteiger partial charge < -0.3 is 10.3 Å².